The molecule has 1 atom stereocenters. The van der Waals surface area contributed by atoms with Crippen LogP contribution in [0.25, 0.3) is 0 Å². The predicted molar refractivity (Wildman–Crippen MR) is 115 cm³/mol. The van der Waals surface area contributed by atoms with E-state index in [4.69, 9.17) is 18.9 Å². The molecule has 0 unspecified atom stereocenters. The number of benzene rings is 2. The number of hydrogen-bond acceptors (Lipinski definition) is 8. The number of aromatic hydroxyl groups is 1. The van der Waals surface area contributed by atoms with Crippen molar-refractivity contribution in [2.45, 2.75) is 52.1 Å². The van der Waals surface area contributed by atoms with E-state index in [1.807, 2.05) is 13.8 Å². The van der Waals surface area contributed by atoms with Crippen molar-refractivity contribution in [3.8, 4) is 28.7 Å². The Bertz CT molecular complexity index is 1030. The van der Waals surface area contributed by atoms with Crippen LogP contribution < -0.4 is 18.9 Å². The number of carbonyl (C=O) groups is 3. The van der Waals surface area contributed by atoms with E-state index in [1.165, 1.54) is 19.2 Å². The molecule has 0 saturated heterocycles. The Hall–Kier alpha value is -3.55. The largest absolute Gasteiger partial charge is 0.507 e. The molecule has 8 heteroatoms. The van der Waals surface area contributed by atoms with E-state index in [0.717, 1.165) is 0 Å². The third-order valence-corrected chi connectivity index (χ3v) is 4.90. The second-order valence-corrected chi connectivity index (χ2v) is 7.41. The number of ketones is 1. The lowest BCUT2D eigenvalue weighted by Gasteiger charge is -2.27. The quantitative estimate of drug-likeness (QED) is 0.470. The van der Waals surface area contributed by atoms with Crippen LogP contribution in [-0.2, 0) is 9.59 Å². The van der Waals surface area contributed by atoms with Crippen molar-refractivity contribution in [3.63, 3.8) is 0 Å². The summed E-state index contributed by atoms with van der Waals surface area (Å²) in [5, 5.41) is 10.3. The maximum Gasteiger partial charge on any atom is 0.311 e. The molecular formula is C24H26O8. The fourth-order valence-electron chi connectivity index (χ4n) is 3.40. The molecule has 0 fully saturated rings. The standard InChI is InChI=1S/C24H26O8/c1-4-6-22(27)30-15-11-16(25)24-17(26)13-19(31-21(24)12-15)14-8-9-18(29-3)20(10-14)32-23(28)7-5-2/h8-12,19,25H,4-7,13H2,1-3H3/t19-/m0/s1. The van der Waals surface area contributed by atoms with Crippen molar-refractivity contribution in [1.82, 2.24) is 0 Å². The summed E-state index contributed by atoms with van der Waals surface area (Å²) in [7, 11) is 1.47. The number of rotatable bonds is 8. The first-order valence-electron chi connectivity index (χ1n) is 10.5. The summed E-state index contributed by atoms with van der Waals surface area (Å²) >= 11 is 0. The van der Waals surface area contributed by atoms with E-state index >= 15 is 0 Å². The minimum absolute atomic E-state index is 0.0236. The molecule has 0 saturated carbocycles. The van der Waals surface area contributed by atoms with Gasteiger partial charge in [0.1, 0.15) is 28.9 Å². The number of methoxy groups -OCH3 is 1. The zero-order valence-corrected chi connectivity index (χ0v) is 18.3. The second-order valence-electron chi connectivity index (χ2n) is 7.41. The molecule has 32 heavy (non-hydrogen) atoms. The first-order chi connectivity index (χ1) is 15.4. The summed E-state index contributed by atoms with van der Waals surface area (Å²) in [6.07, 6.45) is 1.04. The Labute approximate surface area is 186 Å². The minimum atomic E-state index is -0.689. The number of carbonyl (C=O) groups excluding carboxylic acids is 3. The van der Waals surface area contributed by atoms with E-state index < -0.39 is 18.0 Å². The summed E-state index contributed by atoms with van der Waals surface area (Å²) < 4.78 is 21.9. The Morgan fingerprint density at radius 3 is 2.38 bits per heavy atom. The Balaban J connectivity index is 1.89. The minimum Gasteiger partial charge on any atom is -0.507 e. The number of ether oxygens (including phenoxy) is 4. The maximum absolute atomic E-state index is 12.7. The third-order valence-electron chi connectivity index (χ3n) is 4.90. The van der Waals surface area contributed by atoms with Crippen LogP contribution in [0.1, 0.15) is 68.0 Å². The molecule has 170 valence electrons. The molecule has 1 aliphatic rings. The molecule has 0 amide bonds. The second kappa shape index (κ2) is 10.2. The molecule has 1 heterocycles. The van der Waals surface area contributed by atoms with Crippen molar-refractivity contribution in [1.29, 1.82) is 0 Å². The number of phenols is 1. The van der Waals surface area contributed by atoms with Crippen molar-refractivity contribution < 1.29 is 38.4 Å². The van der Waals surface area contributed by atoms with Gasteiger partial charge in [-0.1, -0.05) is 19.9 Å². The van der Waals surface area contributed by atoms with Gasteiger partial charge in [-0.2, -0.15) is 0 Å². The van der Waals surface area contributed by atoms with Gasteiger partial charge in [0.05, 0.1) is 13.5 Å². The Morgan fingerprint density at radius 2 is 1.72 bits per heavy atom. The zero-order valence-electron chi connectivity index (χ0n) is 18.3. The number of Topliss-reactive ketones (excluding diaryl/α,β-unsaturated/α-hetero) is 1. The van der Waals surface area contributed by atoms with Gasteiger partial charge in [-0.3, -0.25) is 14.4 Å². The molecule has 1 N–H and O–H groups in total. The lowest BCUT2D eigenvalue weighted by molar-refractivity contribution is -0.135. The van der Waals surface area contributed by atoms with Crippen LogP contribution in [0.3, 0.4) is 0 Å². The van der Waals surface area contributed by atoms with E-state index in [1.54, 1.807) is 18.2 Å². The maximum atomic E-state index is 12.7. The zero-order chi connectivity index (χ0) is 23.3. The first-order valence-corrected chi connectivity index (χ1v) is 10.5. The summed E-state index contributed by atoms with van der Waals surface area (Å²) in [6.45, 7) is 3.72. The molecule has 0 radical (unpaired) electrons. The Kier molecular flexibility index (Phi) is 7.35. The van der Waals surface area contributed by atoms with Gasteiger partial charge in [-0.15, -0.1) is 0 Å². The highest BCUT2D eigenvalue weighted by Crippen LogP contribution is 2.43. The van der Waals surface area contributed by atoms with Gasteiger partial charge >= 0.3 is 11.9 Å². The van der Waals surface area contributed by atoms with Crippen molar-refractivity contribution in [2.75, 3.05) is 7.11 Å². The average molecular weight is 442 g/mol. The van der Waals surface area contributed by atoms with Crippen LogP contribution in [-0.4, -0.2) is 29.9 Å². The van der Waals surface area contributed by atoms with Gasteiger partial charge in [0, 0.05) is 25.0 Å². The van der Waals surface area contributed by atoms with Gasteiger partial charge in [-0.05, 0) is 30.5 Å². The molecule has 3 rings (SSSR count). The van der Waals surface area contributed by atoms with Crippen molar-refractivity contribution in [3.05, 3.63) is 41.5 Å². The van der Waals surface area contributed by atoms with Crippen molar-refractivity contribution >= 4 is 17.7 Å². The number of fused-ring (bicyclic) bond motifs is 1. The normalized spacial score (nSPS) is 14.8. The van der Waals surface area contributed by atoms with E-state index in [2.05, 4.69) is 0 Å². The SMILES string of the molecule is CCCC(=O)Oc1cc(O)c2c(c1)O[C@H](c1ccc(OC)c(OC(=O)CCC)c1)CC2=O. The van der Waals surface area contributed by atoms with Crippen LogP contribution in [0, 0.1) is 0 Å². The number of phenolic OH excluding ortho intramolecular Hbond substituents is 1. The van der Waals surface area contributed by atoms with Crippen molar-refractivity contribution in [2.24, 2.45) is 0 Å². The molecule has 2 aromatic rings. The fraction of sp³-hybridized carbons (Fsp3) is 0.375. The summed E-state index contributed by atoms with van der Waals surface area (Å²) in [6, 6.07) is 7.59. The smallest absolute Gasteiger partial charge is 0.311 e. The topological polar surface area (TPSA) is 108 Å². The monoisotopic (exact) mass is 442 g/mol. The molecule has 0 aromatic heterocycles. The van der Waals surface area contributed by atoms with Gasteiger partial charge in [0.2, 0.25) is 0 Å². The molecular weight excluding hydrogens is 416 g/mol. The Morgan fingerprint density at radius 1 is 1.03 bits per heavy atom. The van der Waals surface area contributed by atoms with Gasteiger partial charge in [0.25, 0.3) is 0 Å². The summed E-state index contributed by atoms with van der Waals surface area (Å²) in [5.41, 5.74) is 0.636. The summed E-state index contributed by atoms with van der Waals surface area (Å²) in [4.78, 5) is 36.5. The molecule has 0 spiro atoms. The summed E-state index contributed by atoms with van der Waals surface area (Å²) in [5.74, 6) is -0.645. The van der Waals surface area contributed by atoms with Crippen LogP contribution in [0.2, 0.25) is 0 Å². The number of hydrogen-bond donors (Lipinski definition) is 1. The van der Waals surface area contributed by atoms with Crippen LogP contribution in [0.5, 0.6) is 28.7 Å². The van der Waals surface area contributed by atoms with E-state index in [0.29, 0.717) is 24.2 Å². The van der Waals surface area contributed by atoms with Crippen LogP contribution >= 0.6 is 0 Å². The predicted octanol–water partition coefficient (Wildman–Crippen LogP) is 4.52. The highest BCUT2D eigenvalue weighted by Gasteiger charge is 2.32. The molecule has 8 nitrogen and oxygen atoms in total. The highest BCUT2D eigenvalue weighted by molar-refractivity contribution is 6.02. The first kappa shape index (κ1) is 23.1. The highest BCUT2D eigenvalue weighted by atomic mass is 16.6. The van der Waals surface area contributed by atoms with Crippen LogP contribution in [0.15, 0.2) is 30.3 Å². The lowest BCUT2D eigenvalue weighted by Crippen LogP contribution is -2.21. The fourth-order valence-corrected chi connectivity index (χ4v) is 3.40. The molecule has 2 aromatic carbocycles. The van der Waals surface area contributed by atoms with Gasteiger partial charge < -0.3 is 24.1 Å². The van der Waals surface area contributed by atoms with E-state index in [9.17, 15) is 19.5 Å². The van der Waals surface area contributed by atoms with E-state index in [-0.39, 0.29) is 53.6 Å². The van der Waals surface area contributed by atoms with Gasteiger partial charge in [0.15, 0.2) is 17.3 Å². The molecule has 1 aliphatic heterocycles. The average Bonchev–Trinajstić information content (AvgIpc) is 2.73. The molecule has 0 bridgehead atoms. The van der Waals surface area contributed by atoms with Gasteiger partial charge in [-0.25, -0.2) is 0 Å². The van der Waals surface area contributed by atoms with Crippen LogP contribution in [0.4, 0.5) is 0 Å². The lowest BCUT2D eigenvalue weighted by atomic mass is 9.95. The number of esters is 2. The third kappa shape index (κ3) is 5.19. The molecule has 0 aliphatic carbocycles.